The zero-order chi connectivity index (χ0) is 10.4. The van der Waals surface area contributed by atoms with Gasteiger partial charge in [0.05, 0.1) is 5.38 Å². The van der Waals surface area contributed by atoms with Gasteiger partial charge in [0.25, 0.3) is 5.24 Å². The van der Waals surface area contributed by atoms with E-state index in [0.717, 1.165) is 25.0 Å². The third kappa shape index (κ3) is 4.09. The van der Waals surface area contributed by atoms with Crippen molar-refractivity contribution in [1.29, 1.82) is 0 Å². The second kappa shape index (κ2) is 6.57. The van der Waals surface area contributed by atoms with Gasteiger partial charge >= 0.3 is 0 Å². The van der Waals surface area contributed by atoms with Crippen LogP contribution in [0.15, 0.2) is 0 Å². The maximum Gasteiger partial charge on any atom is 0.279 e. The third-order valence-corrected chi connectivity index (χ3v) is 3.94. The average molecular weight is 236 g/mol. The van der Waals surface area contributed by atoms with E-state index in [9.17, 15) is 4.79 Å². The highest BCUT2D eigenvalue weighted by molar-refractivity contribution is 8.13. The van der Waals surface area contributed by atoms with Crippen LogP contribution in [0, 0.1) is 0 Å². The molecule has 1 amide bonds. The first-order valence-electron chi connectivity index (χ1n) is 5.31. The van der Waals surface area contributed by atoms with Crippen molar-refractivity contribution < 1.29 is 4.79 Å². The molecule has 1 rings (SSSR count). The maximum absolute atomic E-state index is 11.4. The molecule has 0 aromatic heterocycles. The molecule has 4 heteroatoms. The predicted octanol–water partition coefficient (Wildman–Crippen LogP) is 3.39. The van der Waals surface area contributed by atoms with Crippen LogP contribution in [-0.4, -0.2) is 22.4 Å². The molecule has 0 spiro atoms. The fraction of sp³-hybridized carbons (Fsp3) is 0.900. The Morgan fingerprint density at radius 1 is 1.50 bits per heavy atom. The minimum atomic E-state index is 0.0874. The second-order valence-corrected chi connectivity index (χ2v) is 5.32. The molecular weight excluding hydrogens is 218 g/mol. The SMILES string of the molecule is CCCSC(=O)N[C@H]1CCCC[C@@H]1Cl. The molecule has 0 saturated heterocycles. The molecule has 82 valence electrons. The van der Waals surface area contributed by atoms with Gasteiger partial charge < -0.3 is 5.32 Å². The van der Waals surface area contributed by atoms with E-state index in [4.69, 9.17) is 11.6 Å². The van der Waals surface area contributed by atoms with Crippen LogP contribution in [0.4, 0.5) is 4.79 Å². The summed E-state index contributed by atoms with van der Waals surface area (Å²) in [7, 11) is 0. The number of halogens is 1. The second-order valence-electron chi connectivity index (χ2n) is 3.69. The lowest BCUT2D eigenvalue weighted by Gasteiger charge is -2.27. The van der Waals surface area contributed by atoms with Gasteiger partial charge in [-0.1, -0.05) is 31.5 Å². The van der Waals surface area contributed by atoms with Crippen LogP contribution in [0.5, 0.6) is 0 Å². The Labute approximate surface area is 95.2 Å². The molecule has 1 aliphatic carbocycles. The largest absolute Gasteiger partial charge is 0.343 e. The normalized spacial score (nSPS) is 27.3. The fourth-order valence-corrected chi connectivity index (χ4v) is 2.60. The Balaban J connectivity index is 2.23. The number of amides is 1. The number of alkyl halides is 1. The standard InChI is InChI=1S/C10H18ClNOS/c1-2-7-14-10(13)12-9-6-4-3-5-8(9)11/h8-9H,2-7H2,1H3,(H,12,13)/t8-,9-/m0/s1. The van der Waals surface area contributed by atoms with Gasteiger partial charge in [-0.15, -0.1) is 11.6 Å². The summed E-state index contributed by atoms with van der Waals surface area (Å²) in [6.07, 6.45) is 5.49. The monoisotopic (exact) mass is 235 g/mol. The summed E-state index contributed by atoms with van der Waals surface area (Å²) in [5, 5.41) is 3.22. The summed E-state index contributed by atoms with van der Waals surface area (Å²) in [5.74, 6) is 0.894. The fourth-order valence-electron chi connectivity index (χ4n) is 1.64. The van der Waals surface area contributed by atoms with Crippen LogP contribution < -0.4 is 5.32 Å². The van der Waals surface area contributed by atoms with Crippen LogP contribution in [-0.2, 0) is 0 Å². The predicted molar refractivity (Wildman–Crippen MR) is 63.2 cm³/mol. The summed E-state index contributed by atoms with van der Waals surface area (Å²) >= 11 is 7.50. The van der Waals surface area contributed by atoms with Crippen molar-refractivity contribution in [2.75, 3.05) is 5.75 Å². The van der Waals surface area contributed by atoms with Gasteiger partial charge in [0.15, 0.2) is 0 Å². The summed E-state index contributed by atoms with van der Waals surface area (Å²) in [5.41, 5.74) is 0. The van der Waals surface area contributed by atoms with Crippen molar-refractivity contribution in [1.82, 2.24) is 5.32 Å². The number of hydrogen-bond acceptors (Lipinski definition) is 2. The quantitative estimate of drug-likeness (QED) is 0.760. The minimum absolute atomic E-state index is 0.0874. The highest BCUT2D eigenvalue weighted by atomic mass is 35.5. The Kier molecular flexibility index (Phi) is 5.71. The zero-order valence-corrected chi connectivity index (χ0v) is 10.2. The Morgan fingerprint density at radius 3 is 2.86 bits per heavy atom. The van der Waals surface area contributed by atoms with Crippen molar-refractivity contribution in [2.24, 2.45) is 0 Å². The third-order valence-electron chi connectivity index (χ3n) is 2.42. The van der Waals surface area contributed by atoms with E-state index < -0.39 is 0 Å². The highest BCUT2D eigenvalue weighted by Gasteiger charge is 2.24. The summed E-state index contributed by atoms with van der Waals surface area (Å²) < 4.78 is 0. The van der Waals surface area contributed by atoms with Crippen LogP contribution >= 0.6 is 23.4 Å². The summed E-state index contributed by atoms with van der Waals surface area (Å²) in [6.45, 7) is 2.07. The molecule has 1 N–H and O–H groups in total. The lowest BCUT2D eigenvalue weighted by Crippen LogP contribution is -2.41. The molecule has 0 unspecified atom stereocenters. The van der Waals surface area contributed by atoms with Gasteiger partial charge in [0.2, 0.25) is 0 Å². The lowest BCUT2D eigenvalue weighted by atomic mass is 9.95. The van der Waals surface area contributed by atoms with Crippen LogP contribution in [0.2, 0.25) is 0 Å². The van der Waals surface area contributed by atoms with Crippen molar-refractivity contribution in [3.63, 3.8) is 0 Å². The number of carbonyl (C=O) groups is 1. The Morgan fingerprint density at radius 2 is 2.21 bits per heavy atom. The Hall–Kier alpha value is 0.110. The van der Waals surface area contributed by atoms with Crippen LogP contribution in [0.25, 0.3) is 0 Å². The van der Waals surface area contributed by atoms with E-state index in [1.807, 2.05) is 0 Å². The molecule has 0 aromatic carbocycles. The lowest BCUT2D eigenvalue weighted by molar-refractivity contribution is 0.253. The van der Waals surface area contributed by atoms with Gasteiger partial charge in [-0.3, -0.25) is 4.79 Å². The molecule has 0 aromatic rings. The number of nitrogens with one attached hydrogen (secondary N) is 1. The van der Waals surface area contributed by atoms with Crippen molar-refractivity contribution >= 4 is 28.6 Å². The van der Waals surface area contributed by atoms with Gasteiger partial charge in [-0.2, -0.15) is 0 Å². The van der Waals surface area contributed by atoms with E-state index in [1.165, 1.54) is 24.6 Å². The molecule has 0 aliphatic heterocycles. The van der Waals surface area contributed by atoms with E-state index in [0.29, 0.717) is 0 Å². The maximum atomic E-state index is 11.4. The summed E-state index contributed by atoms with van der Waals surface area (Å²) in [6, 6.07) is 0.197. The molecule has 1 fully saturated rings. The first-order valence-corrected chi connectivity index (χ1v) is 6.73. The van der Waals surface area contributed by atoms with Crippen LogP contribution in [0.3, 0.4) is 0 Å². The van der Waals surface area contributed by atoms with E-state index in [-0.39, 0.29) is 16.7 Å². The molecule has 1 aliphatic rings. The number of hydrogen-bond donors (Lipinski definition) is 1. The zero-order valence-electron chi connectivity index (χ0n) is 8.59. The first-order chi connectivity index (χ1) is 6.74. The Bertz CT molecular complexity index is 189. The molecule has 0 radical (unpaired) electrons. The van der Waals surface area contributed by atoms with Gasteiger partial charge in [-0.05, 0) is 19.3 Å². The molecule has 14 heavy (non-hydrogen) atoms. The summed E-state index contributed by atoms with van der Waals surface area (Å²) in [4.78, 5) is 11.4. The molecule has 2 atom stereocenters. The van der Waals surface area contributed by atoms with Crippen molar-refractivity contribution in [3.8, 4) is 0 Å². The average Bonchev–Trinajstić information content (AvgIpc) is 2.18. The first kappa shape index (κ1) is 12.2. The van der Waals surface area contributed by atoms with E-state index in [2.05, 4.69) is 12.2 Å². The van der Waals surface area contributed by atoms with E-state index in [1.54, 1.807) is 0 Å². The van der Waals surface area contributed by atoms with Gasteiger partial charge in [0.1, 0.15) is 0 Å². The number of rotatable bonds is 3. The minimum Gasteiger partial charge on any atom is -0.343 e. The van der Waals surface area contributed by atoms with Crippen LogP contribution in [0.1, 0.15) is 39.0 Å². The smallest absolute Gasteiger partial charge is 0.279 e. The topological polar surface area (TPSA) is 29.1 Å². The molecule has 2 nitrogen and oxygen atoms in total. The van der Waals surface area contributed by atoms with Crippen molar-refractivity contribution in [2.45, 2.75) is 50.4 Å². The van der Waals surface area contributed by atoms with Gasteiger partial charge in [0, 0.05) is 11.8 Å². The molecule has 0 bridgehead atoms. The molecule has 0 heterocycles. The van der Waals surface area contributed by atoms with Gasteiger partial charge in [-0.25, -0.2) is 0 Å². The number of thioether (sulfide) groups is 1. The van der Waals surface area contributed by atoms with Crippen molar-refractivity contribution in [3.05, 3.63) is 0 Å². The highest BCUT2D eigenvalue weighted by Crippen LogP contribution is 2.23. The molecule has 1 saturated carbocycles. The molecular formula is C10H18ClNOS. The van der Waals surface area contributed by atoms with E-state index >= 15 is 0 Å². The number of carbonyl (C=O) groups excluding carboxylic acids is 1.